The molecule has 0 radical (unpaired) electrons. The number of hydrazine groups is 1. The van der Waals surface area contributed by atoms with E-state index in [4.69, 9.17) is 53.6 Å². The largest absolute Gasteiger partial charge is 0.457 e. The first-order chi connectivity index (χ1) is 40.2. The summed E-state index contributed by atoms with van der Waals surface area (Å²) in [5, 5.41) is 38.5. The van der Waals surface area contributed by atoms with Crippen LogP contribution in [0.4, 0.5) is 23.5 Å². The van der Waals surface area contributed by atoms with Crippen LogP contribution in [0.2, 0.25) is 0 Å². The number of imidazole rings is 4. The molecule has 438 valence electrons. The third-order valence-corrected chi connectivity index (χ3v) is 15.2. The summed E-state index contributed by atoms with van der Waals surface area (Å²) in [7, 11) is 3.82. The highest BCUT2D eigenvalue weighted by Gasteiger charge is 2.59. The number of piperidine rings is 1. The van der Waals surface area contributed by atoms with Gasteiger partial charge in [-0.1, -0.05) is 5.22 Å². The number of nitrogens with zero attached hydrogens (tertiary/aromatic N) is 20. The second-order valence-electron chi connectivity index (χ2n) is 21.1. The van der Waals surface area contributed by atoms with Gasteiger partial charge in [0.25, 0.3) is 0 Å². The summed E-state index contributed by atoms with van der Waals surface area (Å²) in [4.78, 5) is 91.5. The number of fused-ring (bicyclic) bond motifs is 5. The summed E-state index contributed by atoms with van der Waals surface area (Å²) < 4.78 is 38.1. The number of hydrogen-bond donors (Lipinski definition) is 4. The van der Waals surface area contributed by atoms with Gasteiger partial charge in [-0.25, -0.2) is 24.9 Å². The number of rotatable bonds is 20. The second kappa shape index (κ2) is 22.7. The number of anilines is 4. The lowest BCUT2D eigenvalue weighted by molar-refractivity contribution is -0.168. The number of carbonyl (C=O) groups excluding carboxylic acids is 4. The quantitative estimate of drug-likeness (QED) is 0.0628. The van der Waals surface area contributed by atoms with Gasteiger partial charge in [0.1, 0.15) is 6.10 Å². The van der Waals surface area contributed by atoms with Crippen LogP contribution >= 0.6 is 0 Å². The molecule has 3 saturated heterocycles. The molecule has 1 saturated carbocycles. The molecule has 9 atom stereocenters. The van der Waals surface area contributed by atoms with E-state index in [1.165, 1.54) is 42.0 Å². The molecule has 5 aliphatic rings. The van der Waals surface area contributed by atoms with Crippen molar-refractivity contribution in [2.75, 3.05) is 40.9 Å². The molecule has 7 aromatic rings. The highest BCUT2D eigenvalue weighted by atomic mass is 16.6. The molecule has 4 aliphatic heterocycles. The van der Waals surface area contributed by atoms with Crippen LogP contribution in [0.25, 0.3) is 22.3 Å². The topological polar surface area (TPSA) is 360 Å². The van der Waals surface area contributed by atoms with Crippen LogP contribution < -0.4 is 21.3 Å². The smallest absolute Gasteiger partial charge is 0.303 e. The molecule has 7 aromatic heterocycles. The molecular weight excluding hydrogens is 1080 g/mol. The van der Waals surface area contributed by atoms with Crippen molar-refractivity contribution in [3.05, 3.63) is 54.9 Å². The third-order valence-electron chi connectivity index (χ3n) is 15.2. The average Bonchev–Trinajstić information content (AvgIpc) is 3.40. The second-order valence-corrected chi connectivity index (χ2v) is 21.1. The van der Waals surface area contributed by atoms with E-state index in [0.29, 0.717) is 105 Å². The van der Waals surface area contributed by atoms with Gasteiger partial charge in [0, 0.05) is 97.6 Å². The van der Waals surface area contributed by atoms with Gasteiger partial charge < -0.3 is 54.1 Å². The summed E-state index contributed by atoms with van der Waals surface area (Å²) >= 11 is 0. The molecule has 11 heterocycles. The minimum absolute atomic E-state index is 0.0521. The SMILES string of the molecule is CCN1N=NC2[C@H]3O[C@@H](n4cnc5c(N[C@H]6CC[C@H](Nc7nc(NCCc8cn(C)cn8)nc8c7ncn8[C@@H]7O[C@H](c8nnn(CC)n8)[C@@H](OC(C)=O)[C@H]7OC(C)=O)CC6)nc(NCCc6cn(C)cn6)nc54)[C@H](OC(C)=O)[C@@H]3CC(=O)N21. The Kier molecular flexibility index (Phi) is 14.9. The molecular formula is C50H64N24O9. The van der Waals surface area contributed by atoms with Crippen LogP contribution in [0, 0.1) is 5.92 Å². The standard InChI is InChI=1S/C50H64N24O9/c1-8-72-65-43(63-66-72)39-38(80-26(4)76)40(81-27(5)77)48(83-39)71-24-56-35-42(60-50(62-45(35)71)52-17-15-31-20-69(7)22-54-31)58-29-12-10-28(11-13-29)57-41-34-44(61-49(59-41)51-16-14-30-19-68(6)21-53-30)70(23-55-34)47-37(79-25(3)75)32-18-33(78)74-46(36(32)82-47)64-67-73(74)9-2/h19-24,28-29,32,36-40,46-48H,8-18H2,1-7H3,(H2,51,57,59,61)(H2,52,58,60,62)/t28-,29-,32-,36+,37-,38-,39+,40-,46?,47-,48-/m1/s1. The highest BCUT2D eigenvalue weighted by molar-refractivity contribution is 5.86. The number of aryl methyl sites for hydroxylation is 3. The molecule has 1 amide bonds. The van der Waals surface area contributed by atoms with E-state index >= 15 is 0 Å². The van der Waals surface area contributed by atoms with Gasteiger partial charge in [-0.05, 0) is 44.7 Å². The predicted octanol–water partition coefficient (Wildman–Crippen LogP) is 2.34. The van der Waals surface area contributed by atoms with Gasteiger partial charge in [-0.3, -0.25) is 28.3 Å². The zero-order chi connectivity index (χ0) is 57.6. The highest BCUT2D eigenvalue weighted by Crippen LogP contribution is 2.47. The van der Waals surface area contributed by atoms with Crippen molar-refractivity contribution >= 4 is 69.7 Å². The Morgan fingerprint density at radius 2 is 1.22 bits per heavy atom. The Bertz CT molecular complexity index is 3570. The summed E-state index contributed by atoms with van der Waals surface area (Å²) in [6, 6.07) is -0.124. The van der Waals surface area contributed by atoms with Gasteiger partial charge in [-0.15, -0.1) is 15.3 Å². The molecule has 0 aromatic carbocycles. The van der Waals surface area contributed by atoms with Gasteiger partial charge in [0.2, 0.25) is 23.6 Å². The summed E-state index contributed by atoms with van der Waals surface area (Å²) in [5.41, 5.74) is 3.41. The van der Waals surface area contributed by atoms with Crippen molar-refractivity contribution in [1.29, 1.82) is 0 Å². The first-order valence-electron chi connectivity index (χ1n) is 27.7. The van der Waals surface area contributed by atoms with Gasteiger partial charge in [0.15, 0.2) is 77.0 Å². The number of hydrogen-bond acceptors (Lipinski definition) is 27. The number of tetrazole rings is 1. The molecule has 1 unspecified atom stereocenters. The summed E-state index contributed by atoms with van der Waals surface area (Å²) in [6.07, 6.45) is 6.89. The van der Waals surface area contributed by atoms with Gasteiger partial charge in [-0.2, -0.15) is 29.9 Å². The minimum atomic E-state index is -1.17. The summed E-state index contributed by atoms with van der Waals surface area (Å²) in [6.45, 7) is 9.35. The van der Waals surface area contributed by atoms with Crippen molar-refractivity contribution in [1.82, 2.24) is 88.5 Å². The molecule has 1 aliphatic carbocycles. The number of amides is 1. The predicted molar refractivity (Wildman–Crippen MR) is 288 cm³/mol. The van der Waals surface area contributed by atoms with E-state index in [1.54, 1.807) is 28.1 Å². The van der Waals surface area contributed by atoms with Crippen LogP contribution in [0.3, 0.4) is 0 Å². The maximum Gasteiger partial charge on any atom is 0.303 e. The van der Waals surface area contributed by atoms with Gasteiger partial charge >= 0.3 is 17.9 Å². The fraction of sp³-hybridized carbons (Fsp3) is 0.580. The Labute approximate surface area is 473 Å². The van der Waals surface area contributed by atoms with Crippen LogP contribution in [0.5, 0.6) is 0 Å². The zero-order valence-electron chi connectivity index (χ0n) is 46.7. The molecule has 0 bridgehead atoms. The van der Waals surface area contributed by atoms with Crippen LogP contribution in [-0.2, 0) is 76.3 Å². The van der Waals surface area contributed by atoms with Crippen molar-refractivity contribution in [2.24, 2.45) is 30.4 Å². The van der Waals surface area contributed by atoms with Crippen molar-refractivity contribution < 1.29 is 42.9 Å². The molecule has 4 fully saturated rings. The fourth-order valence-electron chi connectivity index (χ4n) is 11.5. The molecule has 83 heavy (non-hydrogen) atoms. The van der Waals surface area contributed by atoms with E-state index in [1.807, 2.05) is 49.5 Å². The molecule has 33 heteroatoms. The van der Waals surface area contributed by atoms with Crippen LogP contribution in [0.1, 0.15) is 102 Å². The van der Waals surface area contributed by atoms with E-state index in [9.17, 15) is 19.2 Å². The summed E-state index contributed by atoms with van der Waals surface area (Å²) in [5.74, 6) is -0.810. The number of ether oxygens (including phenoxy) is 5. The van der Waals surface area contributed by atoms with E-state index in [0.717, 1.165) is 11.4 Å². The van der Waals surface area contributed by atoms with Gasteiger partial charge in [0.05, 0.1) is 49.8 Å². The fourth-order valence-corrected chi connectivity index (χ4v) is 11.5. The Balaban J connectivity index is 0.812. The Hall–Kier alpha value is -9.01. The maximum atomic E-state index is 13.6. The minimum Gasteiger partial charge on any atom is -0.457 e. The molecule has 4 N–H and O–H groups in total. The first kappa shape index (κ1) is 54.6. The Morgan fingerprint density at radius 3 is 1.72 bits per heavy atom. The maximum absolute atomic E-state index is 13.6. The number of carbonyl (C=O) groups is 4. The number of aromatic nitrogens is 16. The monoisotopic (exact) mass is 1140 g/mol. The van der Waals surface area contributed by atoms with E-state index in [2.05, 4.69) is 57.0 Å². The normalized spacial score (nSPS) is 25.7. The van der Waals surface area contributed by atoms with Crippen molar-refractivity contribution in [3.8, 4) is 0 Å². The Morgan fingerprint density at radius 1 is 0.675 bits per heavy atom. The first-order valence-corrected chi connectivity index (χ1v) is 27.7. The van der Waals surface area contributed by atoms with Crippen molar-refractivity contribution in [2.45, 2.75) is 147 Å². The lowest BCUT2D eigenvalue weighted by Crippen LogP contribution is -2.56. The third kappa shape index (κ3) is 11.0. The molecule has 12 rings (SSSR count). The molecule has 33 nitrogen and oxygen atoms in total. The lowest BCUT2D eigenvalue weighted by atomic mass is 9.88. The number of nitrogens with one attached hydrogen (secondary N) is 4. The zero-order valence-corrected chi connectivity index (χ0v) is 46.7. The number of esters is 3. The molecule has 0 spiro atoms. The lowest BCUT2D eigenvalue weighted by Gasteiger charge is -2.37. The van der Waals surface area contributed by atoms with E-state index in [-0.39, 0.29) is 36.2 Å². The van der Waals surface area contributed by atoms with E-state index < -0.39 is 73.0 Å². The average molecular weight is 1150 g/mol. The van der Waals surface area contributed by atoms with Crippen molar-refractivity contribution in [3.63, 3.8) is 0 Å². The van der Waals surface area contributed by atoms with Crippen LogP contribution in [-0.4, -0.2) is 175 Å². The van der Waals surface area contributed by atoms with Crippen LogP contribution in [0.15, 0.2) is 48.0 Å².